The van der Waals surface area contributed by atoms with Crippen LogP contribution in [0.1, 0.15) is 86.0 Å². The summed E-state index contributed by atoms with van der Waals surface area (Å²) in [5, 5.41) is 13.4. The smallest absolute Gasteiger partial charge is 0.412 e. The van der Waals surface area contributed by atoms with E-state index < -0.39 is 29.5 Å². The molecule has 6 rings (SSSR count). The quantitative estimate of drug-likeness (QED) is 0.160. The number of carbonyl (C=O) groups excluding carboxylic acids is 3. The van der Waals surface area contributed by atoms with E-state index in [2.05, 4.69) is 30.9 Å². The van der Waals surface area contributed by atoms with Gasteiger partial charge in [0.25, 0.3) is 5.91 Å². The summed E-state index contributed by atoms with van der Waals surface area (Å²) >= 11 is 1.02. The number of aromatic nitrogens is 3. The maximum Gasteiger partial charge on any atom is 0.412 e. The standard InChI is InChI=1S/C37H44FN7O5S/c1-22-18-25(24-13-14-24)19-27(29(22)38)32-42-30(33(51-32)43-36(48)50-37(2,3)4)31(46)41-28-20-39-44(5)34(28)45-16-9-12-26(15-17-45)40-35(47)49-21-23-10-7-6-8-11-23/h6-8,10-11,18-20,24,26H,9,12-17,21H2,1-5H3,(H,40,47)(H,41,46)(H,43,48)/t26-/m1/s1. The van der Waals surface area contributed by atoms with Crippen LogP contribution in [0.5, 0.6) is 0 Å². The fourth-order valence-electron chi connectivity index (χ4n) is 6.14. The van der Waals surface area contributed by atoms with Gasteiger partial charge in [0, 0.05) is 31.7 Å². The predicted octanol–water partition coefficient (Wildman–Crippen LogP) is 7.75. The molecule has 2 aromatic carbocycles. The minimum atomic E-state index is -0.781. The summed E-state index contributed by atoms with van der Waals surface area (Å²) in [6.45, 7) is 8.39. The lowest BCUT2D eigenvalue weighted by atomic mass is 10.0. The van der Waals surface area contributed by atoms with E-state index in [1.54, 1.807) is 51.7 Å². The van der Waals surface area contributed by atoms with Crippen LogP contribution >= 0.6 is 11.3 Å². The molecule has 2 fully saturated rings. The lowest BCUT2D eigenvalue weighted by molar-refractivity contribution is 0.0636. The molecule has 51 heavy (non-hydrogen) atoms. The van der Waals surface area contributed by atoms with Gasteiger partial charge < -0.3 is 25.0 Å². The van der Waals surface area contributed by atoms with E-state index in [0.717, 1.165) is 48.1 Å². The molecular weight excluding hydrogens is 674 g/mol. The van der Waals surface area contributed by atoms with Crippen LogP contribution in [0.15, 0.2) is 48.7 Å². The molecule has 14 heteroatoms. The molecule has 0 radical (unpaired) electrons. The number of nitrogens with zero attached hydrogens (tertiary/aromatic N) is 4. The monoisotopic (exact) mass is 717 g/mol. The van der Waals surface area contributed by atoms with Crippen molar-refractivity contribution in [2.24, 2.45) is 7.05 Å². The summed E-state index contributed by atoms with van der Waals surface area (Å²) in [5.74, 6) is 0.0555. The molecule has 1 aliphatic heterocycles. The molecule has 1 aliphatic carbocycles. The third-order valence-electron chi connectivity index (χ3n) is 8.73. The zero-order valence-electron chi connectivity index (χ0n) is 29.5. The van der Waals surface area contributed by atoms with Gasteiger partial charge in [-0.25, -0.2) is 19.0 Å². The molecular formula is C37H44FN7O5S. The van der Waals surface area contributed by atoms with Gasteiger partial charge in [-0.2, -0.15) is 5.10 Å². The van der Waals surface area contributed by atoms with Gasteiger partial charge in [-0.05, 0) is 88.5 Å². The van der Waals surface area contributed by atoms with Crippen molar-refractivity contribution in [1.29, 1.82) is 0 Å². The minimum absolute atomic E-state index is 0.0707. The second-order valence-electron chi connectivity index (χ2n) is 14.1. The van der Waals surface area contributed by atoms with Crippen LogP contribution in [-0.2, 0) is 23.1 Å². The van der Waals surface area contributed by atoms with E-state index in [0.29, 0.717) is 42.5 Å². The zero-order chi connectivity index (χ0) is 36.3. The van der Waals surface area contributed by atoms with Gasteiger partial charge in [-0.15, -0.1) is 0 Å². The van der Waals surface area contributed by atoms with E-state index in [4.69, 9.17) is 9.47 Å². The number of hydrogen-bond donors (Lipinski definition) is 3. The van der Waals surface area contributed by atoms with Crippen LogP contribution in [0, 0.1) is 12.7 Å². The number of amides is 3. The molecule has 4 aromatic rings. The highest BCUT2D eigenvalue weighted by Crippen LogP contribution is 2.44. The molecule has 3 amide bonds. The Balaban J connectivity index is 1.19. The van der Waals surface area contributed by atoms with Gasteiger partial charge in [-0.3, -0.25) is 14.8 Å². The first-order valence-corrected chi connectivity index (χ1v) is 18.0. The second-order valence-corrected chi connectivity index (χ2v) is 15.1. The van der Waals surface area contributed by atoms with Crippen LogP contribution in [0.4, 0.5) is 30.5 Å². The molecule has 1 atom stereocenters. The fourth-order valence-corrected chi connectivity index (χ4v) is 7.09. The predicted molar refractivity (Wildman–Crippen MR) is 195 cm³/mol. The van der Waals surface area contributed by atoms with E-state index in [1.807, 2.05) is 36.4 Å². The van der Waals surface area contributed by atoms with Crippen molar-refractivity contribution in [3.63, 3.8) is 0 Å². The Bertz CT molecular complexity index is 1900. The summed E-state index contributed by atoms with van der Waals surface area (Å²) < 4.78 is 28.1. The van der Waals surface area contributed by atoms with Crippen molar-refractivity contribution >= 4 is 45.9 Å². The Kier molecular flexibility index (Phi) is 10.6. The van der Waals surface area contributed by atoms with Crippen molar-refractivity contribution in [1.82, 2.24) is 20.1 Å². The molecule has 0 unspecified atom stereocenters. The summed E-state index contributed by atoms with van der Waals surface area (Å²) in [6, 6.07) is 13.1. The SMILES string of the molecule is Cc1cc(C2CC2)cc(-c2nc(C(=O)Nc3cnn(C)c3N3CCC[C@@H](NC(=O)OCc4ccccc4)CC3)c(NC(=O)OC(C)(C)C)s2)c1F. The Hall–Kier alpha value is -4.98. The largest absolute Gasteiger partial charge is 0.445 e. The maximum atomic E-state index is 15.5. The van der Waals surface area contributed by atoms with Crippen molar-refractivity contribution in [2.75, 3.05) is 28.6 Å². The highest BCUT2D eigenvalue weighted by Gasteiger charge is 2.30. The van der Waals surface area contributed by atoms with Gasteiger partial charge in [0.1, 0.15) is 33.7 Å². The molecule has 3 heterocycles. The number of alkyl carbamates (subject to hydrolysis) is 1. The maximum absolute atomic E-state index is 15.5. The van der Waals surface area contributed by atoms with Crippen molar-refractivity contribution in [3.8, 4) is 10.6 Å². The van der Waals surface area contributed by atoms with Gasteiger partial charge in [0.15, 0.2) is 11.5 Å². The normalized spacial score (nSPS) is 16.3. The van der Waals surface area contributed by atoms with Crippen LogP contribution in [0.25, 0.3) is 10.6 Å². The van der Waals surface area contributed by atoms with Gasteiger partial charge in [0.05, 0.1) is 6.20 Å². The second kappa shape index (κ2) is 15.1. The zero-order valence-corrected chi connectivity index (χ0v) is 30.4. The van der Waals surface area contributed by atoms with Gasteiger partial charge >= 0.3 is 12.2 Å². The summed E-state index contributed by atoms with van der Waals surface area (Å²) in [5.41, 5.74) is 2.33. The number of anilines is 3. The number of ether oxygens (including phenoxy) is 2. The first kappa shape index (κ1) is 35.8. The number of rotatable bonds is 9. The van der Waals surface area contributed by atoms with Gasteiger partial charge in [0.2, 0.25) is 0 Å². The number of benzene rings is 2. The average molecular weight is 718 g/mol. The number of thiazole rings is 1. The van der Waals surface area contributed by atoms with Crippen LogP contribution in [0.3, 0.4) is 0 Å². The molecule has 270 valence electrons. The van der Waals surface area contributed by atoms with Crippen molar-refractivity contribution in [2.45, 2.75) is 84.0 Å². The minimum Gasteiger partial charge on any atom is -0.445 e. The van der Waals surface area contributed by atoms with Crippen molar-refractivity contribution < 1.29 is 28.2 Å². The molecule has 3 N–H and O–H groups in total. The van der Waals surface area contributed by atoms with E-state index in [1.165, 1.54) is 0 Å². The number of nitrogens with one attached hydrogen (secondary N) is 3. The number of halogens is 1. The molecule has 1 saturated carbocycles. The Labute approximate surface area is 300 Å². The Morgan fingerprint density at radius 2 is 1.78 bits per heavy atom. The van der Waals surface area contributed by atoms with Gasteiger partial charge in [-0.1, -0.05) is 47.7 Å². The third-order valence-corrected chi connectivity index (χ3v) is 9.73. The van der Waals surface area contributed by atoms with Crippen LogP contribution in [0.2, 0.25) is 0 Å². The highest BCUT2D eigenvalue weighted by atomic mass is 32.1. The Morgan fingerprint density at radius 3 is 2.51 bits per heavy atom. The molecule has 2 aliphatic rings. The third kappa shape index (κ3) is 9.04. The van der Waals surface area contributed by atoms with E-state index in [9.17, 15) is 14.4 Å². The topological polar surface area (TPSA) is 140 Å². The Morgan fingerprint density at radius 1 is 1.02 bits per heavy atom. The van der Waals surface area contributed by atoms with Crippen LogP contribution in [-0.4, -0.2) is 57.6 Å². The first-order valence-electron chi connectivity index (χ1n) is 17.2. The summed E-state index contributed by atoms with van der Waals surface area (Å²) in [7, 11) is 1.79. The molecule has 1 saturated heterocycles. The lowest BCUT2D eigenvalue weighted by Gasteiger charge is -2.24. The number of carbonyl (C=O) groups is 3. The average Bonchev–Trinajstić information content (AvgIpc) is 3.81. The molecule has 2 aromatic heterocycles. The van der Waals surface area contributed by atoms with Crippen LogP contribution < -0.4 is 20.9 Å². The molecule has 12 nitrogen and oxygen atoms in total. The summed E-state index contributed by atoms with van der Waals surface area (Å²) in [4.78, 5) is 46.1. The highest BCUT2D eigenvalue weighted by molar-refractivity contribution is 7.19. The molecule has 0 spiro atoms. The number of hydrogen-bond acceptors (Lipinski definition) is 9. The van der Waals surface area contributed by atoms with Crippen molar-refractivity contribution in [3.05, 3.63) is 76.9 Å². The summed E-state index contributed by atoms with van der Waals surface area (Å²) in [6.07, 6.45) is 4.64. The van der Waals surface area contributed by atoms with E-state index in [-0.39, 0.29) is 33.9 Å². The van der Waals surface area contributed by atoms with E-state index >= 15 is 4.39 Å². The number of aryl methyl sites for hydroxylation is 2. The fraction of sp³-hybridized carbons (Fsp3) is 0.432. The lowest BCUT2D eigenvalue weighted by Crippen LogP contribution is -2.36. The first-order chi connectivity index (χ1) is 24.3. The molecule has 0 bridgehead atoms.